The number of hydrogen-bond acceptors (Lipinski definition) is 2. The van der Waals surface area contributed by atoms with Crippen molar-refractivity contribution in [1.29, 1.82) is 0 Å². The molecule has 3 nitrogen and oxygen atoms in total. The molecule has 2 aromatic rings. The number of nitrogens with zero attached hydrogens (tertiary/aromatic N) is 1. The molecular weight excluding hydrogens is 342 g/mol. The highest BCUT2D eigenvalue weighted by atomic mass is 35.5. The minimum atomic E-state index is -0.444. The Morgan fingerprint density at radius 3 is 2.45 bits per heavy atom. The molecule has 7 heteroatoms. The number of nitrogens with one attached hydrogen (secondary N) is 1. The molecule has 0 atom stereocenters. The highest BCUT2D eigenvalue weighted by Gasteiger charge is 2.14. The number of carbonyl (C=O) groups excluding carboxylic acids is 1. The van der Waals surface area contributed by atoms with E-state index in [1.807, 2.05) is 6.92 Å². The van der Waals surface area contributed by atoms with E-state index < -0.39 is 5.91 Å². The molecule has 1 heterocycles. The first-order valence-electron chi connectivity index (χ1n) is 5.47. The Bertz CT molecular complexity index is 688. The summed E-state index contributed by atoms with van der Waals surface area (Å²) < 4.78 is 0. The molecule has 0 radical (unpaired) electrons. The average molecular weight is 350 g/mol. The standard InChI is InChI=1S/C13H8Cl4N2O/c1-6-4-9(15)10(5-8(6)14)18-13(20)7-2-3-11(16)19-12(7)17/h2-5H,1H3,(H,18,20). The quantitative estimate of drug-likeness (QED) is 0.751. The monoisotopic (exact) mass is 348 g/mol. The van der Waals surface area contributed by atoms with Crippen molar-refractivity contribution < 1.29 is 4.79 Å². The molecule has 0 bridgehead atoms. The molecule has 0 fully saturated rings. The van der Waals surface area contributed by atoms with Crippen molar-refractivity contribution in [3.8, 4) is 0 Å². The van der Waals surface area contributed by atoms with E-state index in [9.17, 15) is 4.79 Å². The van der Waals surface area contributed by atoms with E-state index in [0.29, 0.717) is 15.7 Å². The molecule has 104 valence electrons. The zero-order valence-corrected chi connectivity index (χ0v) is 13.2. The normalized spacial score (nSPS) is 10.4. The van der Waals surface area contributed by atoms with Crippen molar-refractivity contribution >= 4 is 58.0 Å². The lowest BCUT2D eigenvalue weighted by Gasteiger charge is -2.10. The topological polar surface area (TPSA) is 42.0 Å². The van der Waals surface area contributed by atoms with Gasteiger partial charge in [0.25, 0.3) is 5.91 Å². The maximum atomic E-state index is 12.1. The summed E-state index contributed by atoms with van der Waals surface area (Å²) in [4.78, 5) is 15.9. The third-order valence-electron chi connectivity index (χ3n) is 2.56. The summed E-state index contributed by atoms with van der Waals surface area (Å²) >= 11 is 23.6. The van der Waals surface area contributed by atoms with E-state index in [0.717, 1.165) is 5.56 Å². The molecule has 1 amide bonds. The molecule has 0 saturated carbocycles. The molecule has 0 aliphatic heterocycles. The van der Waals surface area contributed by atoms with Crippen LogP contribution in [0.1, 0.15) is 15.9 Å². The fraction of sp³-hybridized carbons (Fsp3) is 0.0769. The Morgan fingerprint density at radius 2 is 1.80 bits per heavy atom. The van der Waals surface area contributed by atoms with E-state index in [4.69, 9.17) is 46.4 Å². The minimum absolute atomic E-state index is 0.0179. The van der Waals surface area contributed by atoms with Gasteiger partial charge < -0.3 is 5.32 Å². The Morgan fingerprint density at radius 1 is 1.10 bits per heavy atom. The van der Waals surface area contributed by atoms with Crippen LogP contribution in [0.2, 0.25) is 20.4 Å². The first kappa shape index (κ1) is 15.4. The van der Waals surface area contributed by atoms with Gasteiger partial charge in [-0.25, -0.2) is 4.98 Å². The van der Waals surface area contributed by atoms with Gasteiger partial charge in [0, 0.05) is 5.02 Å². The largest absolute Gasteiger partial charge is 0.320 e. The van der Waals surface area contributed by atoms with E-state index in [2.05, 4.69) is 10.3 Å². The third-order valence-corrected chi connectivity index (χ3v) is 3.77. The summed E-state index contributed by atoms with van der Waals surface area (Å²) in [6.07, 6.45) is 0. The number of benzene rings is 1. The Hall–Kier alpha value is -1.000. The summed E-state index contributed by atoms with van der Waals surface area (Å²) in [6, 6.07) is 6.21. The number of anilines is 1. The molecule has 0 aliphatic rings. The fourth-order valence-corrected chi connectivity index (χ4v) is 2.37. The Labute approximate surface area is 135 Å². The zero-order chi connectivity index (χ0) is 14.9. The van der Waals surface area contributed by atoms with Gasteiger partial charge in [0.2, 0.25) is 0 Å². The number of carbonyl (C=O) groups is 1. The van der Waals surface area contributed by atoms with Crippen molar-refractivity contribution in [3.05, 3.63) is 55.7 Å². The van der Waals surface area contributed by atoms with Crippen molar-refractivity contribution in [1.82, 2.24) is 4.98 Å². The number of amides is 1. The molecule has 1 N–H and O–H groups in total. The third kappa shape index (κ3) is 3.36. The summed E-state index contributed by atoms with van der Waals surface area (Å²) in [7, 11) is 0. The minimum Gasteiger partial charge on any atom is -0.320 e. The molecule has 20 heavy (non-hydrogen) atoms. The molecule has 0 unspecified atom stereocenters. The van der Waals surface area contributed by atoms with Crippen LogP contribution in [0.5, 0.6) is 0 Å². The van der Waals surface area contributed by atoms with Gasteiger partial charge >= 0.3 is 0 Å². The number of aromatic nitrogens is 1. The van der Waals surface area contributed by atoms with E-state index in [1.54, 1.807) is 12.1 Å². The van der Waals surface area contributed by atoms with Gasteiger partial charge in [-0.2, -0.15) is 0 Å². The fourth-order valence-electron chi connectivity index (χ4n) is 1.51. The van der Waals surface area contributed by atoms with Crippen molar-refractivity contribution in [2.24, 2.45) is 0 Å². The lowest BCUT2D eigenvalue weighted by molar-refractivity contribution is 0.102. The maximum absolute atomic E-state index is 12.1. The number of halogens is 4. The smallest absolute Gasteiger partial charge is 0.258 e. The number of aryl methyl sites for hydroxylation is 1. The van der Waals surface area contributed by atoms with Crippen LogP contribution >= 0.6 is 46.4 Å². The lowest BCUT2D eigenvalue weighted by atomic mass is 10.2. The first-order valence-corrected chi connectivity index (χ1v) is 6.98. The second-order valence-corrected chi connectivity index (χ2v) is 5.57. The molecule has 2 rings (SSSR count). The Balaban J connectivity index is 2.30. The number of rotatable bonds is 2. The predicted octanol–water partition coefficient (Wildman–Crippen LogP) is 5.26. The maximum Gasteiger partial charge on any atom is 0.258 e. The van der Waals surface area contributed by atoms with Crippen LogP contribution in [0, 0.1) is 6.92 Å². The lowest BCUT2D eigenvalue weighted by Crippen LogP contribution is -2.13. The van der Waals surface area contributed by atoms with Gasteiger partial charge in [-0.1, -0.05) is 46.4 Å². The number of pyridine rings is 1. The summed E-state index contributed by atoms with van der Waals surface area (Å²) in [5, 5.41) is 3.75. The van der Waals surface area contributed by atoms with Crippen LogP contribution in [0.25, 0.3) is 0 Å². The van der Waals surface area contributed by atoms with Gasteiger partial charge in [-0.05, 0) is 36.8 Å². The SMILES string of the molecule is Cc1cc(Cl)c(NC(=O)c2ccc(Cl)nc2Cl)cc1Cl. The highest BCUT2D eigenvalue weighted by Crippen LogP contribution is 2.29. The van der Waals surface area contributed by atoms with Crippen LogP contribution < -0.4 is 5.32 Å². The van der Waals surface area contributed by atoms with Gasteiger partial charge in [0.15, 0.2) is 0 Å². The summed E-state index contributed by atoms with van der Waals surface area (Å²) in [5.74, 6) is -0.444. The molecule has 0 spiro atoms. The van der Waals surface area contributed by atoms with Crippen LogP contribution in [-0.2, 0) is 0 Å². The predicted molar refractivity (Wildman–Crippen MR) is 83.4 cm³/mol. The molecule has 1 aromatic heterocycles. The molecule has 0 aliphatic carbocycles. The van der Waals surface area contributed by atoms with Crippen LogP contribution in [-0.4, -0.2) is 10.9 Å². The van der Waals surface area contributed by atoms with Crippen LogP contribution in [0.4, 0.5) is 5.69 Å². The summed E-state index contributed by atoms with van der Waals surface area (Å²) in [6.45, 7) is 1.82. The van der Waals surface area contributed by atoms with Crippen LogP contribution in [0.3, 0.4) is 0 Å². The van der Waals surface area contributed by atoms with E-state index >= 15 is 0 Å². The van der Waals surface area contributed by atoms with Crippen molar-refractivity contribution in [3.63, 3.8) is 0 Å². The molecule has 1 aromatic carbocycles. The molecule has 0 saturated heterocycles. The van der Waals surface area contributed by atoms with E-state index in [-0.39, 0.29) is 15.9 Å². The first-order chi connectivity index (χ1) is 9.38. The van der Waals surface area contributed by atoms with Crippen molar-refractivity contribution in [2.75, 3.05) is 5.32 Å². The average Bonchev–Trinajstić information content (AvgIpc) is 2.35. The van der Waals surface area contributed by atoms with Gasteiger partial charge in [-0.15, -0.1) is 0 Å². The van der Waals surface area contributed by atoms with Gasteiger partial charge in [0.05, 0.1) is 16.3 Å². The summed E-state index contributed by atoms with van der Waals surface area (Å²) in [5.41, 5.74) is 1.42. The second kappa shape index (κ2) is 6.19. The second-order valence-electron chi connectivity index (χ2n) is 4.01. The highest BCUT2D eigenvalue weighted by molar-refractivity contribution is 6.37. The van der Waals surface area contributed by atoms with Crippen molar-refractivity contribution in [2.45, 2.75) is 6.92 Å². The Kier molecular flexibility index (Phi) is 4.76. The van der Waals surface area contributed by atoms with Crippen LogP contribution in [0.15, 0.2) is 24.3 Å². The number of hydrogen-bond donors (Lipinski definition) is 1. The van der Waals surface area contributed by atoms with Gasteiger partial charge in [0.1, 0.15) is 10.3 Å². The molecular formula is C13H8Cl4N2O. The van der Waals surface area contributed by atoms with E-state index in [1.165, 1.54) is 12.1 Å². The van der Waals surface area contributed by atoms with Gasteiger partial charge in [-0.3, -0.25) is 4.79 Å². The zero-order valence-electron chi connectivity index (χ0n) is 10.2.